The summed E-state index contributed by atoms with van der Waals surface area (Å²) in [4.78, 5) is 22.9. The molecular formula is C16H28N2O3. The Morgan fingerprint density at radius 1 is 1.24 bits per heavy atom. The predicted molar refractivity (Wildman–Crippen MR) is 81.0 cm³/mol. The standard InChI is InChI=1S/C16H28N2O3/c1-3-4-13(9-15(19)20)18-16(21)17-10(2)14-8-11-5-6-12(14)7-11/h10-14H,3-9H2,1-2H3,(H,19,20)(H2,17,18,21). The number of urea groups is 1. The zero-order valence-corrected chi connectivity index (χ0v) is 13.1. The van der Waals surface area contributed by atoms with Crippen LogP contribution < -0.4 is 10.6 Å². The van der Waals surface area contributed by atoms with Gasteiger partial charge in [0.1, 0.15) is 0 Å². The van der Waals surface area contributed by atoms with Crippen LogP contribution in [0.15, 0.2) is 0 Å². The molecule has 0 aromatic carbocycles. The van der Waals surface area contributed by atoms with Crippen LogP contribution in [0.25, 0.3) is 0 Å². The normalized spacial score (nSPS) is 29.9. The van der Waals surface area contributed by atoms with Gasteiger partial charge in [-0.3, -0.25) is 4.79 Å². The van der Waals surface area contributed by atoms with Crippen LogP contribution in [0.5, 0.6) is 0 Å². The van der Waals surface area contributed by atoms with Crippen LogP contribution in [-0.4, -0.2) is 29.2 Å². The highest BCUT2D eigenvalue weighted by atomic mass is 16.4. The number of carboxylic acids is 1. The molecule has 0 spiro atoms. The van der Waals surface area contributed by atoms with Gasteiger partial charge in [0.2, 0.25) is 0 Å². The molecule has 0 saturated heterocycles. The van der Waals surface area contributed by atoms with Crippen molar-refractivity contribution in [1.82, 2.24) is 10.6 Å². The average molecular weight is 296 g/mol. The molecule has 0 heterocycles. The lowest BCUT2D eigenvalue weighted by molar-refractivity contribution is -0.137. The molecule has 2 bridgehead atoms. The monoisotopic (exact) mass is 296 g/mol. The van der Waals surface area contributed by atoms with E-state index in [0.29, 0.717) is 12.3 Å². The van der Waals surface area contributed by atoms with Crippen LogP contribution in [-0.2, 0) is 4.79 Å². The summed E-state index contributed by atoms with van der Waals surface area (Å²) in [5.74, 6) is 1.37. The van der Waals surface area contributed by atoms with Crippen molar-refractivity contribution in [3.05, 3.63) is 0 Å². The number of amides is 2. The van der Waals surface area contributed by atoms with Crippen LogP contribution in [0, 0.1) is 17.8 Å². The summed E-state index contributed by atoms with van der Waals surface area (Å²) in [6.07, 6.45) is 6.78. The molecule has 5 nitrogen and oxygen atoms in total. The highest BCUT2D eigenvalue weighted by molar-refractivity contribution is 5.76. The molecule has 21 heavy (non-hydrogen) atoms. The van der Waals surface area contributed by atoms with Gasteiger partial charge in [-0.05, 0) is 50.4 Å². The number of aliphatic carboxylic acids is 1. The van der Waals surface area contributed by atoms with Crippen LogP contribution in [0.1, 0.15) is 58.8 Å². The van der Waals surface area contributed by atoms with Gasteiger partial charge in [-0.25, -0.2) is 4.79 Å². The quantitative estimate of drug-likeness (QED) is 0.676. The Hall–Kier alpha value is -1.26. The van der Waals surface area contributed by atoms with E-state index >= 15 is 0 Å². The van der Waals surface area contributed by atoms with E-state index in [1.54, 1.807) is 0 Å². The Balaban J connectivity index is 1.78. The van der Waals surface area contributed by atoms with Gasteiger partial charge in [0.15, 0.2) is 0 Å². The minimum atomic E-state index is -0.866. The molecule has 0 aliphatic heterocycles. The van der Waals surface area contributed by atoms with Gasteiger partial charge in [-0.15, -0.1) is 0 Å². The van der Waals surface area contributed by atoms with Gasteiger partial charge in [0.25, 0.3) is 0 Å². The number of carbonyl (C=O) groups excluding carboxylic acids is 1. The summed E-state index contributed by atoms with van der Waals surface area (Å²) in [7, 11) is 0. The van der Waals surface area contributed by atoms with Gasteiger partial charge in [-0.2, -0.15) is 0 Å². The highest BCUT2D eigenvalue weighted by Crippen LogP contribution is 2.49. The maximum absolute atomic E-state index is 12.1. The molecule has 0 radical (unpaired) electrons. The molecule has 5 atom stereocenters. The fourth-order valence-corrected chi connectivity index (χ4v) is 4.23. The topological polar surface area (TPSA) is 78.4 Å². The molecule has 2 fully saturated rings. The molecule has 2 aliphatic carbocycles. The van der Waals surface area contributed by atoms with Crippen molar-refractivity contribution in [1.29, 1.82) is 0 Å². The third-order valence-electron chi connectivity index (χ3n) is 5.19. The Morgan fingerprint density at radius 3 is 2.52 bits per heavy atom. The van der Waals surface area contributed by atoms with Crippen molar-refractivity contribution in [2.24, 2.45) is 17.8 Å². The highest BCUT2D eigenvalue weighted by Gasteiger charge is 2.42. The van der Waals surface area contributed by atoms with Crippen molar-refractivity contribution in [3.63, 3.8) is 0 Å². The molecule has 2 aliphatic rings. The van der Waals surface area contributed by atoms with E-state index in [9.17, 15) is 9.59 Å². The van der Waals surface area contributed by atoms with Crippen LogP contribution in [0.2, 0.25) is 0 Å². The fraction of sp³-hybridized carbons (Fsp3) is 0.875. The maximum Gasteiger partial charge on any atom is 0.315 e. The third-order valence-corrected chi connectivity index (χ3v) is 5.19. The van der Waals surface area contributed by atoms with E-state index in [1.165, 1.54) is 25.7 Å². The minimum absolute atomic E-state index is 0.0102. The van der Waals surface area contributed by atoms with Gasteiger partial charge in [0, 0.05) is 12.1 Å². The first-order valence-electron chi connectivity index (χ1n) is 8.28. The first-order valence-corrected chi connectivity index (χ1v) is 8.28. The largest absolute Gasteiger partial charge is 0.481 e. The van der Waals surface area contributed by atoms with E-state index < -0.39 is 5.97 Å². The van der Waals surface area contributed by atoms with Crippen molar-refractivity contribution < 1.29 is 14.7 Å². The molecule has 2 rings (SSSR count). The Morgan fingerprint density at radius 2 is 2.00 bits per heavy atom. The Bertz CT molecular complexity index is 386. The van der Waals surface area contributed by atoms with Gasteiger partial charge >= 0.3 is 12.0 Å². The average Bonchev–Trinajstić information content (AvgIpc) is 3.00. The summed E-state index contributed by atoms with van der Waals surface area (Å²) in [6.45, 7) is 4.07. The second-order valence-electron chi connectivity index (χ2n) is 6.83. The number of hydrogen-bond donors (Lipinski definition) is 3. The zero-order valence-electron chi connectivity index (χ0n) is 13.1. The van der Waals surface area contributed by atoms with Crippen LogP contribution in [0.4, 0.5) is 4.79 Å². The summed E-state index contributed by atoms with van der Waals surface area (Å²) in [5, 5.41) is 14.7. The van der Waals surface area contributed by atoms with E-state index in [0.717, 1.165) is 18.3 Å². The molecule has 3 N–H and O–H groups in total. The lowest BCUT2D eigenvalue weighted by Crippen LogP contribution is -2.48. The Labute approximate surface area is 126 Å². The van der Waals surface area contributed by atoms with E-state index in [-0.39, 0.29) is 24.5 Å². The first-order chi connectivity index (χ1) is 9.99. The van der Waals surface area contributed by atoms with Crippen molar-refractivity contribution >= 4 is 12.0 Å². The van der Waals surface area contributed by atoms with E-state index in [4.69, 9.17) is 5.11 Å². The Kier molecular flexibility index (Phi) is 5.48. The summed E-state index contributed by atoms with van der Waals surface area (Å²) < 4.78 is 0. The van der Waals surface area contributed by atoms with Crippen LogP contribution >= 0.6 is 0 Å². The summed E-state index contributed by atoms with van der Waals surface area (Å²) >= 11 is 0. The van der Waals surface area contributed by atoms with Crippen molar-refractivity contribution in [3.8, 4) is 0 Å². The zero-order chi connectivity index (χ0) is 15.4. The number of carboxylic acid groups (broad SMARTS) is 1. The lowest BCUT2D eigenvalue weighted by Gasteiger charge is -2.29. The van der Waals surface area contributed by atoms with Gasteiger partial charge < -0.3 is 15.7 Å². The second-order valence-corrected chi connectivity index (χ2v) is 6.83. The number of nitrogens with one attached hydrogen (secondary N) is 2. The van der Waals surface area contributed by atoms with Gasteiger partial charge in [0.05, 0.1) is 6.42 Å². The first kappa shape index (κ1) is 16.1. The van der Waals surface area contributed by atoms with Gasteiger partial charge in [-0.1, -0.05) is 19.8 Å². The minimum Gasteiger partial charge on any atom is -0.481 e. The second kappa shape index (κ2) is 7.14. The molecule has 0 aromatic rings. The smallest absolute Gasteiger partial charge is 0.315 e. The molecular weight excluding hydrogens is 268 g/mol. The van der Waals surface area contributed by atoms with Crippen molar-refractivity contribution in [2.45, 2.75) is 70.9 Å². The predicted octanol–water partition coefficient (Wildman–Crippen LogP) is 2.75. The molecule has 120 valence electrons. The molecule has 5 heteroatoms. The van der Waals surface area contributed by atoms with Crippen molar-refractivity contribution in [2.75, 3.05) is 0 Å². The number of carbonyl (C=O) groups is 2. The molecule has 0 aromatic heterocycles. The molecule has 5 unspecified atom stereocenters. The number of fused-ring (bicyclic) bond motifs is 2. The molecule has 2 amide bonds. The summed E-state index contributed by atoms with van der Waals surface area (Å²) in [5.41, 5.74) is 0. The van der Waals surface area contributed by atoms with E-state index in [2.05, 4.69) is 17.6 Å². The third kappa shape index (κ3) is 4.35. The lowest BCUT2D eigenvalue weighted by atomic mass is 9.84. The number of hydrogen-bond acceptors (Lipinski definition) is 2. The SMILES string of the molecule is CCCC(CC(=O)O)NC(=O)NC(C)C1CC2CCC1C2. The maximum atomic E-state index is 12.1. The van der Waals surface area contributed by atoms with Crippen LogP contribution in [0.3, 0.4) is 0 Å². The number of rotatable bonds is 7. The van der Waals surface area contributed by atoms with E-state index in [1.807, 2.05) is 6.92 Å². The fourth-order valence-electron chi connectivity index (χ4n) is 4.23. The molecule has 2 saturated carbocycles. The summed E-state index contributed by atoms with van der Waals surface area (Å²) in [6, 6.07) is -0.322.